The zero-order valence-electron chi connectivity index (χ0n) is 15.6. The zero-order chi connectivity index (χ0) is 18.2. The Morgan fingerprint density at radius 3 is 2.52 bits per heavy atom. The number of aryl methyl sites for hydroxylation is 2. The van der Waals surface area contributed by atoms with E-state index in [0.29, 0.717) is 5.69 Å². The van der Waals surface area contributed by atoms with Gasteiger partial charge < -0.3 is 10.6 Å². The molecule has 1 saturated heterocycles. The van der Waals surface area contributed by atoms with E-state index in [1.165, 1.54) is 16.7 Å². The van der Waals surface area contributed by atoms with Gasteiger partial charge >= 0.3 is 0 Å². The van der Waals surface area contributed by atoms with Crippen molar-refractivity contribution >= 4 is 5.91 Å². The minimum absolute atomic E-state index is 0.0590. The van der Waals surface area contributed by atoms with Crippen LogP contribution in [0.3, 0.4) is 0 Å². The number of rotatable bonds is 3. The Bertz CT molecular complexity index is 795. The number of hydrogen-bond acceptors (Lipinski definition) is 4. The molecule has 0 saturated carbocycles. The Morgan fingerprint density at radius 2 is 1.92 bits per heavy atom. The van der Waals surface area contributed by atoms with E-state index in [4.69, 9.17) is 0 Å². The quantitative estimate of drug-likeness (QED) is 0.903. The van der Waals surface area contributed by atoms with E-state index in [2.05, 4.69) is 52.6 Å². The van der Waals surface area contributed by atoms with Gasteiger partial charge in [-0.05, 0) is 25.0 Å². The highest BCUT2D eigenvalue weighted by atomic mass is 16.2. The highest BCUT2D eigenvalue weighted by Gasteiger charge is 2.35. The van der Waals surface area contributed by atoms with Gasteiger partial charge in [-0.2, -0.15) is 0 Å². The summed E-state index contributed by atoms with van der Waals surface area (Å²) in [6.45, 7) is 11.1. The fourth-order valence-corrected chi connectivity index (χ4v) is 3.28. The van der Waals surface area contributed by atoms with Crippen LogP contribution in [0.4, 0.5) is 0 Å². The van der Waals surface area contributed by atoms with E-state index in [0.717, 1.165) is 12.2 Å². The number of nitrogens with zero attached hydrogens (tertiary/aromatic N) is 2. The van der Waals surface area contributed by atoms with Crippen molar-refractivity contribution < 1.29 is 4.79 Å². The van der Waals surface area contributed by atoms with Crippen LogP contribution < -0.4 is 10.6 Å². The number of benzene rings is 1. The molecular formula is C20H26N4O. The summed E-state index contributed by atoms with van der Waals surface area (Å²) in [6.07, 6.45) is 3.21. The van der Waals surface area contributed by atoms with Crippen molar-refractivity contribution in [3.63, 3.8) is 0 Å². The van der Waals surface area contributed by atoms with Crippen LogP contribution in [0.2, 0.25) is 0 Å². The summed E-state index contributed by atoms with van der Waals surface area (Å²) in [7, 11) is 0. The van der Waals surface area contributed by atoms with Gasteiger partial charge in [0.25, 0.3) is 5.91 Å². The van der Waals surface area contributed by atoms with Gasteiger partial charge in [0.1, 0.15) is 5.69 Å². The highest BCUT2D eigenvalue weighted by molar-refractivity contribution is 5.94. The summed E-state index contributed by atoms with van der Waals surface area (Å²) in [5.41, 5.74) is 4.63. The molecule has 1 amide bonds. The van der Waals surface area contributed by atoms with Crippen molar-refractivity contribution in [1.29, 1.82) is 0 Å². The minimum Gasteiger partial charge on any atom is -0.345 e. The van der Waals surface area contributed by atoms with Crippen LogP contribution >= 0.6 is 0 Å². The van der Waals surface area contributed by atoms with E-state index >= 15 is 0 Å². The average Bonchev–Trinajstić information content (AvgIpc) is 2.53. The fourth-order valence-electron chi connectivity index (χ4n) is 3.28. The maximum atomic E-state index is 12.8. The number of amides is 1. The van der Waals surface area contributed by atoms with Gasteiger partial charge in [-0.15, -0.1) is 0 Å². The van der Waals surface area contributed by atoms with Crippen LogP contribution in [-0.2, 0) is 5.41 Å². The lowest BCUT2D eigenvalue weighted by Gasteiger charge is -2.39. The molecule has 1 aliphatic rings. The van der Waals surface area contributed by atoms with Crippen LogP contribution in [0.25, 0.3) is 0 Å². The van der Waals surface area contributed by atoms with Crippen molar-refractivity contribution in [2.45, 2.75) is 52.1 Å². The first-order valence-electron chi connectivity index (χ1n) is 8.70. The molecule has 2 N–H and O–H groups in total. The van der Waals surface area contributed by atoms with E-state index in [-0.39, 0.29) is 23.4 Å². The predicted octanol–water partition coefficient (Wildman–Crippen LogP) is 2.83. The van der Waals surface area contributed by atoms with Gasteiger partial charge in [0.2, 0.25) is 0 Å². The average molecular weight is 338 g/mol. The Kier molecular flexibility index (Phi) is 4.60. The topological polar surface area (TPSA) is 66.9 Å². The predicted molar refractivity (Wildman–Crippen MR) is 98.6 cm³/mol. The van der Waals surface area contributed by atoms with Crippen molar-refractivity contribution in [1.82, 2.24) is 20.6 Å². The van der Waals surface area contributed by atoms with Crippen LogP contribution in [-0.4, -0.2) is 28.5 Å². The molecule has 2 aromatic rings. The van der Waals surface area contributed by atoms with Gasteiger partial charge in [-0.1, -0.05) is 44.5 Å². The molecule has 5 nitrogen and oxygen atoms in total. The zero-order valence-corrected chi connectivity index (χ0v) is 15.6. The van der Waals surface area contributed by atoms with Crippen molar-refractivity contribution in [2.24, 2.45) is 0 Å². The molecule has 3 rings (SSSR count). The molecule has 0 radical (unpaired) electrons. The maximum absolute atomic E-state index is 12.8. The second-order valence-electron chi connectivity index (χ2n) is 7.83. The van der Waals surface area contributed by atoms with E-state index < -0.39 is 0 Å². The summed E-state index contributed by atoms with van der Waals surface area (Å²) in [5, 5.41) is 6.55. The van der Waals surface area contributed by atoms with Crippen LogP contribution in [0, 0.1) is 13.8 Å². The fraction of sp³-hybridized carbons (Fsp3) is 0.450. The first kappa shape index (κ1) is 17.5. The molecule has 2 atom stereocenters. The number of nitrogens with one attached hydrogen (secondary N) is 2. The summed E-state index contributed by atoms with van der Waals surface area (Å²) in [6, 6.07) is 6.63. The Labute approximate surface area is 149 Å². The van der Waals surface area contributed by atoms with Gasteiger partial charge in [-0.25, -0.2) is 4.98 Å². The summed E-state index contributed by atoms with van der Waals surface area (Å²) < 4.78 is 0. The molecule has 132 valence electrons. The molecule has 25 heavy (non-hydrogen) atoms. The summed E-state index contributed by atoms with van der Waals surface area (Å²) in [4.78, 5) is 21.5. The van der Waals surface area contributed by atoms with Crippen LogP contribution in [0.15, 0.2) is 30.6 Å². The molecule has 1 aromatic carbocycles. The van der Waals surface area contributed by atoms with Crippen molar-refractivity contribution in [3.05, 3.63) is 58.7 Å². The lowest BCUT2D eigenvalue weighted by molar-refractivity contribution is 0.0893. The number of hydrogen-bond donors (Lipinski definition) is 2. The van der Waals surface area contributed by atoms with Gasteiger partial charge in [0.05, 0.1) is 17.8 Å². The van der Waals surface area contributed by atoms with E-state index in [1.807, 2.05) is 20.8 Å². The van der Waals surface area contributed by atoms with Crippen LogP contribution in [0.1, 0.15) is 59.7 Å². The standard InChI is InChI=1S/C20H26N4O/c1-12-6-7-14(13(2)10-12)16-15(11-23-16)24-19(25)17-18(20(3,4)5)22-9-8-21-17/h6-10,15-16,23H,11H2,1-5H3,(H,24,25)/t15-,16-/m1/s1. The maximum Gasteiger partial charge on any atom is 0.272 e. The first-order valence-corrected chi connectivity index (χ1v) is 8.70. The Balaban J connectivity index is 1.78. The first-order chi connectivity index (χ1) is 11.8. The smallest absolute Gasteiger partial charge is 0.272 e. The summed E-state index contributed by atoms with van der Waals surface area (Å²) in [5.74, 6) is -0.153. The number of carbonyl (C=O) groups excluding carboxylic acids is 1. The van der Waals surface area contributed by atoms with Crippen molar-refractivity contribution in [3.8, 4) is 0 Å². The molecular weight excluding hydrogens is 312 g/mol. The lowest BCUT2D eigenvalue weighted by atomic mass is 9.88. The van der Waals surface area contributed by atoms with Crippen LogP contribution in [0.5, 0.6) is 0 Å². The monoisotopic (exact) mass is 338 g/mol. The van der Waals surface area contributed by atoms with E-state index in [1.54, 1.807) is 12.4 Å². The molecule has 1 fully saturated rings. The van der Waals surface area contributed by atoms with Gasteiger partial charge in [-0.3, -0.25) is 9.78 Å². The Hall–Kier alpha value is -2.27. The molecule has 0 spiro atoms. The highest BCUT2D eigenvalue weighted by Crippen LogP contribution is 2.28. The molecule has 0 unspecified atom stereocenters. The van der Waals surface area contributed by atoms with Crippen molar-refractivity contribution in [2.75, 3.05) is 6.54 Å². The second-order valence-corrected chi connectivity index (χ2v) is 7.83. The summed E-state index contributed by atoms with van der Waals surface area (Å²) >= 11 is 0. The second kappa shape index (κ2) is 6.56. The third-order valence-corrected chi connectivity index (χ3v) is 4.66. The molecule has 1 aromatic heterocycles. The number of carbonyl (C=O) groups is 1. The Morgan fingerprint density at radius 1 is 1.20 bits per heavy atom. The minimum atomic E-state index is -0.230. The normalized spacial score (nSPS) is 20.0. The largest absolute Gasteiger partial charge is 0.345 e. The third-order valence-electron chi connectivity index (χ3n) is 4.66. The molecule has 0 aliphatic carbocycles. The van der Waals surface area contributed by atoms with Gasteiger partial charge in [0, 0.05) is 24.4 Å². The molecule has 5 heteroatoms. The lowest BCUT2D eigenvalue weighted by Crippen LogP contribution is -2.59. The molecule has 1 aliphatic heterocycles. The molecule has 0 bridgehead atoms. The number of aromatic nitrogens is 2. The van der Waals surface area contributed by atoms with Gasteiger partial charge in [0.15, 0.2) is 0 Å². The third kappa shape index (κ3) is 3.56. The van der Waals surface area contributed by atoms with E-state index in [9.17, 15) is 4.79 Å². The molecule has 2 heterocycles. The SMILES string of the molecule is Cc1ccc([C@H]2NC[C@H]2NC(=O)c2nccnc2C(C)(C)C)c(C)c1.